The Morgan fingerprint density at radius 1 is 0.657 bits per heavy atom. The van der Waals surface area contributed by atoms with Crippen molar-refractivity contribution in [2.24, 2.45) is 0 Å². The highest BCUT2D eigenvalue weighted by atomic mass is 32.3. The van der Waals surface area contributed by atoms with Gasteiger partial charge in [0.2, 0.25) is 0 Å². The van der Waals surface area contributed by atoms with Gasteiger partial charge in [0.1, 0.15) is 0 Å². The number of hydrogen-bond acceptors (Lipinski definition) is 5. The molecule has 0 aliphatic rings. The molecule has 0 spiro atoms. The standard InChI is InChI=1S/C26H22N2O5S2/c1-20-19-22(17-18-25(20)27-26(29)21-11-5-2-6-12-21)28(34(30,31)23-13-7-3-8-14-23)35(32,33)24-15-9-4-10-16-24/h2-19H,1H3,(H,27,29). The summed E-state index contributed by atoms with van der Waals surface area (Å²) in [5.74, 6) is -0.341. The van der Waals surface area contributed by atoms with Crippen LogP contribution in [0.5, 0.6) is 0 Å². The molecule has 4 aromatic carbocycles. The second kappa shape index (κ2) is 9.73. The van der Waals surface area contributed by atoms with Gasteiger partial charge in [-0.25, -0.2) is 16.8 Å². The quantitative estimate of drug-likeness (QED) is 0.387. The Balaban J connectivity index is 1.80. The molecule has 1 amide bonds. The van der Waals surface area contributed by atoms with E-state index in [2.05, 4.69) is 5.32 Å². The lowest BCUT2D eigenvalue weighted by Crippen LogP contribution is -2.37. The molecule has 9 heteroatoms. The lowest BCUT2D eigenvalue weighted by Gasteiger charge is -2.25. The molecular formula is C26H22N2O5S2. The van der Waals surface area contributed by atoms with E-state index in [1.54, 1.807) is 49.4 Å². The van der Waals surface area contributed by atoms with Gasteiger partial charge in [-0.15, -0.1) is 0 Å². The molecule has 0 saturated heterocycles. The largest absolute Gasteiger partial charge is 0.322 e. The first kappa shape index (κ1) is 24.2. The first-order valence-corrected chi connectivity index (χ1v) is 13.5. The van der Waals surface area contributed by atoms with Gasteiger partial charge in [0.05, 0.1) is 15.5 Å². The molecule has 0 atom stereocenters. The van der Waals surface area contributed by atoms with E-state index in [-0.39, 0.29) is 21.4 Å². The predicted molar refractivity (Wildman–Crippen MR) is 135 cm³/mol. The number of nitrogens with one attached hydrogen (secondary N) is 1. The van der Waals surface area contributed by atoms with Crippen molar-refractivity contribution in [2.45, 2.75) is 16.7 Å². The molecule has 0 aliphatic carbocycles. The average molecular weight is 507 g/mol. The van der Waals surface area contributed by atoms with Crippen LogP contribution >= 0.6 is 0 Å². The van der Waals surface area contributed by atoms with Crippen LogP contribution in [0.4, 0.5) is 11.4 Å². The van der Waals surface area contributed by atoms with Crippen molar-refractivity contribution in [1.82, 2.24) is 0 Å². The van der Waals surface area contributed by atoms with Gasteiger partial charge in [-0.3, -0.25) is 4.79 Å². The summed E-state index contributed by atoms with van der Waals surface area (Å²) in [5, 5.41) is 2.78. The Bertz CT molecular complexity index is 1490. The third-order valence-electron chi connectivity index (χ3n) is 5.22. The number of carbonyl (C=O) groups is 1. The van der Waals surface area contributed by atoms with Crippen LogP contribution in [0, 0.1) is 6.92 Å². The van der Waals surface area contributed by atoms with Crippen molar-refractivity contribution in [3.05, 3.63) is 120 Å². The number of carbonyl (C=O) groups excluding carboxylic acids is 1. The summed E-state index contributed by atoms with van der Waals surface area (Å²) >= 11 is 0. The van der Waals surface area contributed by atoms with E-state index >= 15 is 0 Å². The number of rotatable bonds is 7. The number of anilines is 2. The second-order valence-electron chi connectivity index (χ2n) is 7.65. The van der Waals surface area contributed by atoms with E-state index < -0.39 is 20.0 Å². The van der Waals surface area contributed by atoms with Crippen LogP contribution in [0.2, 0.25) is 0 Å². The highest BCUT2D eigenvalue weighted by Crippen LogP contribution is 2.33. The maximum atomic E-state index is 13.6. The van der Waals surface area contributed by atoms with Crippen LogP contribution < -0.4 is 9.03 Å². The smallest absolute Gasteiger partial charge is 0.277 e. The molecule has 0 bridgehead atoms. The lowest BCUT2D eigenvalue weighted by molar-refractivity contribution is 0.102. The summed E-state index contributed by atoms with van der Waals surface area (Å²) in [7, 11) is -9.00. The molecule has 0 radical (unpaired) electrons. The predicted octanol–water partition coefficient (Wildman–Crippen LogP) is 4.83. The normalized spacial score (nSPS) is 11.6. The second-order valence-corrected chi connectivity index (χ2v) is 11.5. The molecule has 0 aromatic heterocycles. The molecule has 0 fully saturated rings. The van der Waals surface area contributed by atoms with Crippen molar-refractivity contribution in [1.29, 1.82) is 0 Å². The Morgan fingerprint density at radius 3 is 1.57 bits per heavy atom. The molecule has 0 aliphatic heterocycles. The molecule has 4 rings (SSSR count). The summed E-state index contributed by atoms with van der Waals surface area (Å²) in [6.07, 6.45) is 0. The summed E-state index contributed by atoms with van der Waals surface area (Å²) in [6.45, 7) is 1.66. The maximum Gasteiger partial charge on any atom is 0.277 e. The minimum atomic E-state index is -4.50. The van der Waals surface area contributed by atoms with E-state index in [9.17, 15) is 21.6 Å². The van der Waals surface area contributed by atoms with Crippen molar-refractivity contribution >= 4 is 37.3 Å². The van der Waals surface area contributed by atoms with Gasteiger partial charge in [-0.1, -0.05) is 54.6 Å². The molecule has 35 heavy (non-hydrogen) atoms. The van der Waals surface area contributed by atoms with Crippen molar-refractivity contribution in [3.8, 4) is 0 Å². The zero-order valence-electron chi connectivity index (χ0n) is 18.7. The van der Waals surface area contributed by atoms with Crippen LogP contribution in [0.25, 0.3) is 0 Å². The number of benzene rings is 4. The van der Waals surface area contributed by atoms with Gasteiger partial charge in [0.15, 0.2) is 0 Å². The average Bonchev–Trinajstić information content (AvgIpc) is 2.87. The zero-order chi connectivity index (χ0) is 25.1. The van der Waals surface area contributed by atoms with Gasteiger partial charge in [-0.05, 0) is 67.1 Å². The Labute approximate surface area is 204 Å². The Kier molecular flexibility index (Phi) is 6.72. The van der Waals surface area contributed by atoms with Gasteiger partial charge in [0, 0.05) is 11.3 Å². The van der Waals surface area contributed by atoms with Crippen LogP contribution in [0.3, 0.4) is 0 Å². The van der Waals surface area contributed by atoms with E-state index in [0.29, 0.717) is 20.5 Å². The SMILES string of the molecule is Cc1cc(N(S(=O)(=O)c2ccccc2)S(=O)(=O)c2ccccc2)ccc1NC(=O)c1ccccc1. The Morgan fingerprint density at radius 2 is 1.11 bits per heavy atom. The summed E-state index contributed by atoms with van der Waals surface area (Å²) < 4.78 is 54.8. The summed E-state index contributed by atoms with van der Waals surface area (Å²) in [4.78, 5) is 12.2. The van der Waals surface area contributed by atoms with Crippen molar-refractivity contribution in [2.75, 3.05) is 9.03 Å². The maximum absolute atomic E-state index is 13.6. The number of aryl methyl sites for hydroxylation is 1. The monoisotopic (exact) mass is 506 g/mol. The zero-order valence-corrected chi connectivity index (χ0v) is 20.3. The molecule has 4 aromatic rings. The lowest BCUT2D eigenvalue weighted by atomic mass is 10.1. The fraction of sp³-hybridized carbons (Fsp3) is 0.0385. The van der Waals surface area contributed by atoms with Crippen LogP contribution in [-0.2, 0) is 20.0 Å². The third-order valence-corrected chi connectivity index (χ3v) is 9.43. The molecule has 0 heterocycles. The van der Waals surface area contributed by atoms with E-state index in [1.165, 1.54) is 66.7 Å². The molecule has 7 nitrogen and oxygen atoms in total. The van der Waals surface area contributed by atoms with E-state index in [1.807, 2.05) is 0 Å². The van der Waals surface area contributed by atoms with Gasteiger partial charge < -0.3 is 5.32 Å². The minimum absolute atomic E-state index is 0.0760. The highest BCUT2D eigenvalue weighted by Gasteiger charge is 2.37. The summed E-state index contributed by atoms with van der Waals surface area (Å²) in [6, 6.07) is 27.6. The topological polar surface area (TPSA) is 101 Å². The van der Waals surface area contributed by atoms with E-state index in [0.717, 1.165) is 0 Å². The first-order chi connectivity index (χ1) is 16.7. The van der Waals surface area contributed by atoms with Gasteiger partial charge in [0.25, 0.3) is 26.0 Å². The highest BCUT2D eigenvalue weighted by molar-refractivity contribution is 8.10. The van der Waals surface area contributed by atoms with Crippen molar-refractivity contribution < 1.29 is 21.6 Å². The minimum Gasteiger partial charge on any atom is -0.322 e. The molecule has 0 saturated carbocycles. The number of nitrogens with zero attached hydrogens (tertiary/aromatic N) is 1. The fourth-order valence-corrected chi connectivity index (χ4v) is 7.19. The number of amides is 1. The number of sulfonamides is 2. The van der Waals surface area contributed by atoms with E-state index in [4.69, 9.17) is 0 Å². The molecule has 178 valence electrons. The molecule has 1 N–H and O–H groups in total. The van der Waals surface area contributed by atoms with Crippen molar-refractivity contribution in [3.63, 3.8) is 0 Å². The van der Waals surface area contributed by atoms with Gasteiger partial charge in [-0.2, -0.15) is 3.71 Å². The molecule has 0 unspecified atom stereocenters. The Hall–Kier alpha value is -3.95. The van der Waals surface area contributed by atoms with Gasteiger partial charge >= 0.3 is 0 Å². The summed E-state index contributed by atoms with van der Waals surface area (Å²) in [5.41, 5.74) is 1.30. The molecular weight excluding hydrogens is 484 g/mol. The first-order valence-electron chi connectivity index (χ1n) is 10.6. The number of hydrogen-bond donors (Lipinski definition) is 1. The van der Waals surface area contributed by atoms with Crippen LogP contribution in [-0.4, -0.2) is 22.7 Å². The van der Waals surface area contributed by atoms with Crippen LogP contribution in [0.1, 0.15) is 15.9 Å². The fourth-order valence-electron chi connectivity index (χ4n) is 3.47. The third kappa shape index (κ3) is 4.96. The van der Waals surface area contributed by atoms with Crippen LogP contribution in [0.15, 0.2) is 119 Å².